The van der Waals surface area contributed by atoms with Gasteiger partial charge in [0, 0.05) is 6.04 Å². The van der Waals surface area contributed by atoms with Crippen LogP contribution in [0.1, 0.15) is 55.8 Å². The van der Waals surface area contributed by atoms with Gasteiger partial charge in [-0.05, 0) is 43.2 Å². The van der Waals surface area contributed by atoms with E-state index in [-0.39, 0.29) is 12.1 Å². The van der Waals surface area contributed by atoms with E-state index >= 15 is 0 Å². The number of ether oxygens (including phenoxy) is 1. The predicted octanol–water partition coefficient (Wildman–Crippen LogP) is 3.14. The number of carbonyl (C=O) groups is 1. The van der Waals surface area contributed by atoms with Crippen molar-refractivity contribution in [2.45, 2.75) is 57.1 Å². The fraction of sp³-hybridized carbons (Fsp3) is 0.588. The van der Waals surface area contributed by atoms with Crippen LogP contribution in [0, 0.1) is 0 Å². The number of esters is 1. The van der Waals surface area contributed by atoms with Gasteiger partial charge in [-0.2, -0.15) is 0 Å². The van der Waals surface area contributed by atoms with Gasteiger partial charge in [-0.15, -0.1) is 0 Å². The van der Waals surface area contributed by atoms with E-state index in [0.29, 0.717) is 12.6 Å². The van der Waals surface area contributed by atoms with Gasteiger partial charge in [0.05, 0.1) is 6.54 Å². The number of rotatable bonds is 4. The predicted molar refractivity (Wildman–Crippen MR) is 78.5 cm³/mol. The second-order valence-corrected chi connectivity index (χ2v) is 5.93. The van der Waals surface area contributed by atoms with E-state index in [1.807, 2.05) is 6.07 Å². The summed E-state index contributed by atoms with van der Waals surface area (Å²) < 4.78 is 5.68. The lowest BCUT2D eigenvalue weighted by Crippen LogP contribution is -2.33. The van der Waals surface area contributed by atoms with E-state index < -0.39 is 0 Å². The molecule has 1 N–H and O–H groups in total. The average Bonchev–Trinajstić information content (AvgIpc) is 2.99. The number of nitrogens with one attached hydrogen (secondary N) is 1. The third-order valence-corrected chi connectivity index (χ3v) is 4.48. The van der Waals surface area contributed by atoms with Crippen molar-refractivity contribution in [3.8, 4) is 0 Å². The van der Waals surface area contributed by atoms with Gasteiger partial charge < -0.3 is 10.1 Å². The van der Waals surface area contributed by atoms with Crippen LogP contribution in [-0.2, 0) is 16.0 Å². The van der Waals surface area contributed by atoms with Crippen molar-refractivity contribution in [2.75, 3.05) is 6.54 Å². The Kier molecular flexibility index (Phi) is 4.36. The van der Waals surface area contributed by atoms with Crippen LogP contribution >= 0.6 is 0 Å². The van der Waals surface area contributed by atoms with Gasteiger partial charge in [0.15, 0.2) is 0 Å². The number of benzene rings is 1. The van der Waals surface area contributed by atoms with E-state index in [1.165, 1.54) is 36.8 Å². The summed E-state index contributed by atoms with van der Waals surface area (Å²) in [5.41, 5.74) is 2.54. The first-order chi connectivity index (χ1) is 9.83. The van der Waals surface area contributed by atoms with Crippen LogP contribution in [0.5, 0.6) is 0 Å². The van der Waals surface area contributed by atoms with Crippen LogP contribution in [-0.4, -0.2) is 18.6 Å². The van der Waals surface area contributed by atoms with Crippen LogP contribution < -0.4 is 5.32 Å². The quantitative estimate of drug-likeness (QED) is 0.856. The molecule has 2 aliphatic rings. The van der Waals surface area contributed by atoms with Crippen LogP contribution in [0.3, 0.4) is 0 Å². The maximum atomic E-state index is 12.0. The second kappa shape index (κ2) is 6.40. The second-order valence-electron chi connectivity index (χ2n) is 5.93. The molecule has 0 bridgehead atoms. The zero-order chi connectivity index (χ0) is 13.8. The minimum Gasteiger partial charge on any atom is -0.457 e. The normalized spacial score (nSPS) is 22.5. The third-order valence-electron chi connectivity index (χ3n) is 4.48. The Morgan fingerprint density at radius 3 is 2.80 bits per heavy atom. The van der Waals surface area contributed by atoms with E-state index in [9.17, 15) is 4.79 Å². The Bertz CT molecular complexity index is 466. The molecule has 3 nitrogen and oxygen atoms in total. The molecule has 1 aromatic carbocycles. The van der Waals surface area contributed by atoms with E-state index in [4.69, 9.17) is 4.74 Å². The van der Waals surface area contributed by atoms with Crippen molar-refractivity contribution < 1.29 is 9.53 Å². The molecule has 0 amide bonds. The standard InChI is InChI=1S/C17H23NO2/c19-17(12-18-14-8-2-3-9-14)20-16-11-5-7-13-6-1-4-10-15(13)16/h1,4,6,10,14,16,18H,2-3,5,7-9,11-12H2. The number of carbonyl (C=O) groups excluding carboxylic acids is 1. The van der Waals surface area contributed by atoms with Gasteiger partial charge in [0.1, 0.15) is 6.10 Å². The Hall–Kier alpha value is -1.35. The molecule has 0 spiro atoms. The maximum absolute atomic E-state index is 12.0. The zero-order valence-corrected chi connectivity index (χ0v) is 11.9. The molecule has 0 aliphatic heterocycles. The molecule has 1 fully saturated rings. The first-order valence-corrected chi connectivity index (χ1v) is 7.83. The summed E-state index contributed by atoms with van der Waals surface area (Å²) in [6.07, 6.45) is 8.06. The van der Waals surface area contributed by atoms with Gasteiger partial charge in [0.25, 0.3) is 0 Å². The van der Waals surface area contributed by atoms with Crippen molar-refractivity contribution in [3.63, 3.8) is 0 Å². The van der Waals surface area contributed by atoms with Crippen LogP contribution in [0.4, 0.5) is 0 Å². The molecule has 1 aromatic rings. The summed E-state index contributed by atoms with van der Waals surface area (Å²) >= 11 is 0. The molecular weight excluding hydrogens is 250 g/mol. The first kappa shape index (κ1) is 13.6. The van der Waals surface area contributed by atoms with Crippen LogP contribution in [0.2, 0.25) is 0 Å². The molecule has 0 saturated heterocycles. The molecule has 1 unspecified atom stereocenters. The summed E-state index contributed by atoms with van der Waals surface area (Å²) in [6, 6.07) is 8.84. The molecule has 20 heavy (non-hydrogen) atoms. The summed E-state index contributed by atoms with van der Waals surface area (Å²) in [4.78, 5) is 12.0. The molecule has 0 heterocycles. The Balaban J connectivity index is 1.54. The van der Waals surface area contributed by atoms with Gasteiger partial charge in [-0.25, -0.2) is 0 Å². The molecule has 1 saturated carbocycles. The molecule has 3 rings (SSSR count). The highest BCUT2D eigenvalue weighted by Crippen LogP contribution is 2.32. The molecule has 0 radical (unpaired) electrons. The van der Waals surface area contributed by atoms with Crippen molar-refractivity contribution in [3.05, 3.63) is 35.4 Å². The molecule has 2 aliphatic carbocycles. The number of hydrogen-bond acceptors (Lipinski definition) is 3. The first-order valence-electron chi connectivity index (χ1n) is 7.83. The topological polar surface area (TPSA) is 38.3 Å². The molecular formula is C17H23NO2. The van der Waals surface area contributed by atoms with Crippen molar-refractivity contribution in [1.82, 2.24) is 5.32 Å². The van der Waals surface area contributed by atoms with Gasteiger partial charge in [-0.3, -0.25) is 4.79 Å². The highest BCUT2D eigenvalue weighted by atomic mass is 16.5. The Morgan fingerprint density at radius 2 is 1.95 bits per heavy atom. The Morgan fingerprint density at radius 1 is 1.15 bits per heavy atom. The molecule has 108 valence electrons. The van der Waals surface area contributed by atoms with E-state index in [0.717, 1.165) is 19.3 Å². The van der Waals surface area contributed by atoms with E-state index in [2.05, 4.69) is 23.5 Å². The zero-order valence-electron chi connectivity index (χ0n) is 11.9. The summed E-state index contributed by atoms with van der Waals surface area (Å²) in [6.45, 7) is 0.351. The van der Waals surface area contributed by atoms with Crippen molar-refractivity contribution in [1.29, 1.82) is 0 Å². The SMILES string of the molecule is O=C(CNC1CCCC1)OC1CCCc2ccccc21. The van der Waals surface area contributed by atoms with Crippen molar-refractivity contribution >= 4 is 5.97 Å². The summed E-state index contributed by atoms with van der Waals surface area (Å²) in [5.74, 6) is -0.112. The molecule has 0 aromatic heterocycles. The average molecular weight is 273 g/mol. The lowest BCUT2D eigenvalue weighted by molar-refractivity contribution is -0.149. The fourth-order valence-corrected chi connectivity index (χ4v) is 3.39. The monoisotopic (exact) mass is 273 g/mol. The smallest absolute Gasteiger partial charge is 0.320 e. The van der Waals surface area contributed by atoms with Crippen LogP contribution in [0.15, 0.2) is 24.3 Å². The van der Waals surface area contributed by atoms with Crippen LogP contribution in [0.25, 0.3) is 0 Å². The number of aryl methyl sites for hydroxylation is 1. The molecule has 1 atom stereocenters. The summed E-state index contributed by atoms with van der Waals surface area (Å²) in [7, 11) is 0. The maximum Gasteiger partial charge on any atom is 0.320 e. The van der Waals surface area contributed by atoms with Gasteiger partial charge >= 0.3 is 5.97 Å². The largest absolute Gasteiger partial charge is 0.457 e. The number of hydrogen-bond donors (Lipinski definition) is 1. The highest BCUT2D eigenvalue weighted by Gasteiger charge is 2.23. The van der Waals surface area contributed by atoms with E-state index in [1.54, 1.807) is 0 Å². The lowest BCUT2D eigenvalue weighted by Gasteiger charge is -2.25. The fourth-order valence-electron chi connectivity index (χ4n) is 3.39. The third kappa shape index (κ3) is 3.21. The van der Waals surface area contributed by atoms with Crippen molar-refractivity contribution in [2.24, 2.45) is 0 Å². The van der Waals surface area contributed by atoms with Gasteiger partial charge in [-0.1, -0.05) is 37.1 Å². The Labute approximate surface area is 120 Å². The summed E-state index contributed by atoms with van der Waals surface area (Å²) in [5, 5.41) is 3.32. The minimum absolute atomic E-state index is 0.0437. The van der Waals surface area contributed by atoms with Gasteiger partial charge in [0.2, 0.25) is 0 Å². The highest BCUT2D eigenvalue weighted by molar-refractivity contribution is 5.72. The number of fused-ring (bicyclic) bond motifs is 1. The lowest BCUT2D eigenvalue weighted by atomic mass is 9.89. The minimum atomic E-state index is -0.112. The molecule has 3 heteroatoms.